The lowest BCUT2D eigenvalue weighted by Crippen LogP contribution is -2.39. The molecule has 1 aliphatic rings. The van der Waals surface area contributed by atoms with Crippen LogP contribution < -0.4 is 0 Å². The second-order valence-corrected chi connectivity index (χ2v) is 7.31. The number of nitrogens with zero attached hydrogens (tertiary/aromatic N) is 4. The maximum atomic E-state index is 12.9. The predicted molar refractivity (Wildman–Crippen MR) is 105 cm³/mol. The van der Waals surface area contributed by atoms with Crippen molar-refractivity contribution in [2.24, 2.45) is 0 Å². The Morgan fingerprint density at radius 3 is 2.85 bits per heavy atom. The van der Waals surface area contributed by atoms with Crippen LogP contribution in [0.2, 0.25) is 5.02 Å². The zero-order chi connectivity index (χ0) is 18.6. The maximum Gasteiger partial charge on any atom is 0.253 e. The van der Waals surface area contributed by atoms with Crippen LogP contribution in [-0.4, -0.2) is 38.4 Å². The van der Waals surface area contributed by atoms with Gasteiger partial charge in [-0.1, -0.05) is 17.7 Å². The number of pyridine rings is 1. The molecule has 0 saturated carbocycles. The van der Waals surface area contributed by atoms with Crippen molar-refractivity contribution in [3.05, 3.63) is 83.2 Å². The second-order valence-electron chi connectivity index (χ2n) is 6.87. The van der Waals surface area contributed by atoms with E-state index in [0.29, 0.717) is 17.1 Å². The van der Waals surface area contributed by atoms with Gasteiger partial charge in [0.2, 0.25) is 0 Å². The highest BCUT2D eigenvalue weighted by Gasteiger charge is 2.28. The van der Waals surface area contributed by atoms with Crippen molar-refractivity contribution < 1.29 is 4.79 Å². The van der Waals surface area contributed by atoms with E-state index in [9.17, 15) is 4.79 Å². The Kier molecular flexibility index (Phi) is 5.21. The van der Waals surface area contributed by atoms with Crippen LogP contribution in [0.4, 0.5) is 0 Å². The minimum atomic E-state index is 0.0365. The lowest BCUT2D eigenvalue weighted by atomic mass is 9.96. The van der Waals surface area contributed by atoms with Gasteiger partial charge in [0.1, 0.15) is 5.82 Å². The monoisotopic (exact) mass is 380 g/mol. The normalized spacial score (nSPS) is 17.1. The Hall–Kier alpha value is -2.66. The van der Waals surface area contributed by atoms with Crippen LogP contribution in [0.5, 0.6) is 0 Å². The van der Waals surface area contributed by atoms with Crippen molar-refractivity contribution in [3.63, 3.8) is 0 Å². The van der Waals surface area contributed by atoms with Gasteiger partial charge in [0.25, 0.3) is 5.91 Å². The molecule has 1 saturated heterocycles. The largest absolute Gasteiger partial charge is 0.338 e. The molecule has 6 heteroatoms. The Bertz CT molecular complexity index is 925. The van der Waals surface area contributed by atoms with Crippen molar-refractivity contribution in [1.82, 2.24) is 19.4 Å². The van der Waals surface area contributed by atoms with E-state index in [1.54, 1.807) is 24.5 Å². The van der Waals surface area contributed by atoms with Gasteiger partial charge in [-0.05, 0) is 48.7 Å². The molecule has 2 aromatic heterocycles. The molecular weight excluding hydrogens is 360 g/mol. The number of imidazole rings is 1. The molecule has 0 spiro atoms. The average molecular weight is 381 g/mol. The molecule has 3 aromatic rings. The number of carbonyl (C=O) groups excluding carboxylic acids is 1. The van der Waals surface area contributed by atoms with Crippen LogP contribution in [-0.2, 0) is 6.54 Å². The fourth-order valence-electron chi connectivity index (χ4n) is 3.68. The number of rotatable bonds is 4. The van der Waals surface area contributed by atoms with Crippen LogP contribution in [0.1, 0.15) is 40.5 Å². The molecule has 27 heavy (non-hydrogen) atoms. The van der Waals surface area contributed by atoms with Crippen LogP contribution >= 0.6 is 11.6 Å². The Morgan fingerprint density at radius 1 is 1.19 bits per heavy atom. The summed E-state index contributed by atoms with van der Waals surface area (Å²) in [5.41, 5.74) is 1.83. The number of likely N-dealkylation sites (tertiary alicyclic amines) is 1. The van der Waals surface area contributed by atoms with Gasteiger partial charge in [-0.15, -0.1) is 0 Å². The smallest absolute Gasteiger partial charge is 0.253 e. The van der Waals surface area contributed by atoms with Crippen molar-refractivity contribution in [3.8, 4) is 0 Å². The summed E-state index contributed by atoms with van der Waals surface area (Å²) in [4.78, 5) is 23.5. The molecule has 1 amide bonds. The SMILES string of the molecule is O=C(c1cccc(Cl)c1)N1CCCC(c2nccn2Cc2ccncc2)C1. The number of benzene rings is 1. The highest BCUT2D eigenvalue weighted by atomic mass is 35.5. The molecule has 0 bridgehead atoms. The molecule has 138 valence electrons. The summed E-state index contributed by atoms with van der Waals surface area (Å²) in [6.45, 7) is 2.21. The topological polar surface area (TPSA) is 51.0 Å². The van der Waals surface area contributed by atoms with Crippen molar-refractivity contribution in [2.75, 3.05) is 13.1 Å². The maximum absolute atomic E-state index is 12.9. The van der Waals surface area contributed by atoms with E-state index in [0.717, 1.165) is 31.8 Å². The Labute approximate surface area is 163 Å². The summed E-state index contributed by atoms with van der Waals surface area (Å²) >= 11 is 6.05. The fraction of sp³-hybridized carbons (Fsp3) is 0.286. The van der Waals surface area contributed by atoms with Gasteiger partial charge in [0.15, 0.2) is 0 Å². The molecule has 4 rings (SSSR count). The molecular formula is C21H21ClN4O. The summed E-state index contributed by atoms with van der Waals surface area (Å²) < 4.78 is 2.17. The third-order valence-electron chi connectivity index (χ3n) is 5.00. The number of amides is 1. The van der Waals surface area contributed by atoms with E-state index in [1.165, 1.54) is 5.56 Å². The van der Waals surface area contributed by atoms with E-state index in [-0.39, 0.29) is 11.8 Å². The summed E-state index contributed by atoms with van der Waals surface area (Å²) in [6, 6.07) is 11.2. The first kappa shape index (κ1) is 17.7. The van der Waals surface area contributed by atoms with Gasteiger partial charge in [0, 0.05) is 60.9 Å². The van der Waals surface area contributed by atoms with E-state index >= 15 is 0 Å². The standard InChI is InChI=1S/C21H21ClN4O/c22-19-5-1-3-17(13-19)21(27)26-11-2-4-18(15-26)20-24-10-12-25(20)14-16-6-8-23-9-7-16/h1,3,5-10,12-13,18H,2,4,11,14-15H2. The first-order chi connectivity index (χ1) is 13.2. The molecule has 1 aromatic carbocycles. The lowest BCUT2D eigenvalue weighted by Gasteiger charge is -2.33. The molecule has 0 aliphatic carbocycles. The Balaban J connectivity index is 1.51. The van der Waals surface area contributed by atoms with Crippen molar-refractivity contribution in [1.29, 1.82) is 0 Å². The van der Waals surface area contributed by atoms with E-state index in [1.807, 2.05) is 41.6 Å². The van der Waals surface area contributed by atoms with Crippen LogP contribution in [0.15, 0.2) is 61.2 Å². The molecule has 1 unspecified atom stereocenters. The number of halogens is 1. The molecule has 0 N–H and O–H groups in total. The Morgan fingerprint density at radius 2 is 2.04 bits per heavy atom. The summed E-state index contributed by atoms with van der Waals surface area (Å²) in [5, 5.41) is 0.585. The van der Waals surface area contributed by atoms with Gasteiger partial charge < -0.3 is 9.47 Å². The number of hydrogen-bond acceptors (Lipinski definition) is 3. The molecule has 1 fully saturated rings. The quantitative estimate of drug-likeness (QED) is 0.687. The summed E-state index contributed by atoms with van der Waals surface area (Å²) in [7, 11) is 0. The van der Waals surface area contributed by atoms with Crippen LogP contribution in [0.25, 0.3) is 0 Å². The van der Waals surface area contributed by atoms with Crippen molar-refractivity contribution in [2.45, 2.75) is 25.3 Å². The minimum Gasteiger partial charge on any atom is -0.338 e. The van der Waals surface area contributed by atoms with Crippen LogP contribution in [0, 0.1) is 0 Å². The number of hydrogen-bond donors (Lipinski definition) is 0. The van der Waals surface area contributed by atoms with E-state index in [4.69, 9.17) is 11.6 Å². The number of carbonyl (C=O) groups is 1. The lowest BCUT2D eigenvalue weighted by molar-refractivity contribution is 0.0703. The second kappa shape index (κ2) is 7.92. The first-order valence-corrected chi connectivity index (χ1v) is 9.53. The minimum absolute atomic E-state index is 0.0365. The van der Waals surface area contributed by atoms with Crippen LogP contribution in [0.3, 0.4) is 0 Å². The molecule has 3 heterocycles. The highest BCUT2D eigenvalue weighted by Crippen LogP contribution is 2.27. The fourth-order valence-corrected chi connectivity index (χ4v) is 3.87. The van der Waals surface area contributed by atoms with Crippen molar-refractivity contribution >= 4 is 17.5 Å². The summed E-state index contributed by atoms with van der Waals surface area (Å²) in [5.74, 6) is 1.31. The van der Waals surface area contributed by atoms with Gasteiger partial charge >= 0.3 is 0 Å². The zero-order valence-electron chi connectivity index (χ0n) is 15.0. The van der Waals surface area contributed by atoms with Gasteiger partial charge in [-0.25, -0.2) is 4.98 Å². The number of aromatic nitrogens is 3. The van der Waals surface area contributed by atoms with Gasteiger partial charge in [-0.2, -0.15) is 0 Å². The highest BCUT2D eigenvalue weighted by molar-refractivity contribution is 6.30. The summed E-state index contributed by atoms with van der Waals surface area (Å²) in [6.07, 6.45) is 9.46. The zero-order valence-corrected chi connectivity index (χ0v) is 15.7. The molecule has 1 atom stereocenters. The van der Waals surface area contributed by atoms with Gasteiger partial charge in [0.05, 0.1) is 0 Å². The van der Waals surface area contributed by atoms with Gasteiger partial charge in [-0.3, -0.25) is 9.78 Å². The molecule has 5 nitrogen and oxygen atoms in total. The molecule has 1 aliphatic heterocycles. The average Bonchev–Trinajstić information content (AvgIpc) is 3.16. The molecule has 0 radical (unpaired) electrons. The predicted octanol–water partition coefficient (Wildman–Crippen LogP) is 4.00. The van der Waals surface area contributed by atoms with E-state index in [2.05, 4.69) is 14.5 Å². The first-order valence-electron chi connectivity index (χ1n) is 9.15. The third kappa shape index (κ3) is 4.03. The van der Waals surface area contributed by atoms with E-state index < -0.39 is 0 Å². The third-order valence-corrected chi connectivity index (χ3v) is 5.23. The number of piperidine rings is 1.